The molecule has 5 heteroatoms. The first-order valence-corrected chi connectivity index (χ1v) is 5.03. The number of esters is 1. The SMILES string of the molecule is COC(=O)c1ccc(OC)c(CC(N)=S)c1. The predicted molar refractivity (Wildman–Crippen MR) is 64.8 cm³/mol. The van der Waals surface area contributed by atoms with Gasteiger partial charge < -0.3 is 15.2 Å². The van der Waals surface area contributed by atoms with Crippen molar-refractivity contribution in [2.45, 2.75) is 6.42 Å². The van der Waals surface area contributed by atoms with Crippen LogP contribution in [-0.4, -0.2) is 25.2 Å². The summed E-state index contributed by atoms with van der Waals surface area (Å²) >= 11 is 4.83. The Labute approximate surface area is 99.3 Å². The van der Waals surface area contributed by atoms with E-state index in [1.54, 1.807) is 25.3 Å². The van der Waals surface area contributed by atoms with Crippen LogP contribution in [0.25, 0.3) is 0 Å². The van der Waals surface area contributed by atoms with Crippen LogP contribution in [0.4, 0.5) is 0 Å². The second-order valence-electron chi connectivity index (χ2n) is 3.16. The standard InChI is InChI=1S/C11H13NO3S/c1-14-9-4-3-7(11(13)15-2)5-8(9)6-10(12)16/h3-5H,6H2,1-2H3,(H2,12,16). The average Bonchev–Trinajstić information content (AvgIpc) is 2.27. The third-order valence-electron chi connectivity index (χ3n) is 2.07. The zero-order valence-corrected chi connectivity index (χ0v) is 9.97. The quantitative estimate of drug-likeness (QED) is 0.634. The molecule has 0 atom stereocenters. The van der Waals surface area contributed by atoms with Crippen LogP contribution in [0.2, 0.25) is 0 Å². The van der Waals surface area contributed by atoms with Crippen LogP contribution in [0.15, 0.2) is 18.2 Å². The van der Waals surface area contributed by atoms with Gasteiger partial charge in [0.25, 0.3) is 0 Å². The number of ether oxygens (including phenoxy) is 2. The van der Waals surface area contributed by atoms with Gasteiger partial charge in [0, 0.05) is 12.0 Å². The van der Waals surface area contributed by atoms with E-state index in [2.05, 4.69) is 4.74 Å². The summed E-state index contributed by atoms with van der Waals surface area (Å²) in [5.74, 6) is 0.257. The van der Waals surface area contributed by atoms with Crippen LogP contribution in [0.1, 0.15) is 15.9 Å². The Morgan fingerprint density at radius 2 is 2.12 bits per heavy atom. The van der Waals surface area contributed by atoms with E-state index in [0.29, 0.717) is 22.7 Å². The molecule has 0 spiro atoms. The van der Waals surface area contributed by atoms with Gasteiger partial charge in [-0.2, -0.15) is 0 Å². The van der Waals surface area contributed by atoms with Crippen molar-refractivity contribution in [2.75, 3.05) is 14.2 Å². The average molecular weight is 239 g/mol. The topological polar surface area (TPSA) is 61.5 Å². The lowest BCUT2D eigenvalue weighted by Gasteiger charge is -2.09. The Morgan fingerprint density at radius 3 is 2.62 bits per heavy atom. The Bertz CT molecular complexity index is 418. The van der Waals surface area contributed by atoms with Gasteiger partial charge >= 0.3 is 5.97 Å². The van der Waals surface area contributed by atoms with Crippen molar-refractivity contribution in [3.8, 4) is 5.75 Å². The van der Waals surface area contributed by atoms with Gasteiger partial charge in [-0.05, 0) is 18.2 Å². The third kappa shape index (κ3) is 2.93. The molecule has 0 aliphatic carbocycles. The predicted octanol–water partition coefficient (Wildman–Crippen LogP) is 1.31. The minimum absolute atomic E-state index is 0.348. The molecule has 4 nitrogen and oxygen atoms in total. The van der Waals surface area contributed by atoms with Crippen molar-refractivity contribution in [2.24, 2.45) is 5.73 Å². The fraction of sp³-hybridized carbons (Fsp3) is 0.273. The summed E-state index contributed by atoms with van der Waals surface area (Å²) < 4.78 is 9.77. The lowest BCUT2D eigenvalue weighted by molar-refractivity contribution is 0.0600. The Balaban J connectivity index is 3.10. The lowest BCUT2D eigenvalue weighted by Crippen LogP contribution is -2.12. The number of carbonyl (C=O) groups excluding carboxylic acids is 1. The molecule has 1 aromatic rings. The molecule has 0 aliphatic rings. The highest BCUT2D eigenvalue weighted by molar-refractivity contribution is 7.80. The molecule has 0 saturated heterocycles. The van der Waals surface area contributed by atoms with Crippen molar-refractivity contribution >= 4 is 23.2 Å². The van der Waals surface area contributed by atoms with E-state index in [9.17, 15) is 4.79 Å². The van der Waals surface area contributed by atoms with E-state index < -0.39 is 5.97 Å². The summed E-state index contributed by atoms with van der Waals surface area (Å²) in [6.07, 6.45) is 0.392. The van der Waals surface area contributed by atoms with Gasteiger partial charge in [-0.25, -0.2) is 4.79 Å². The zero-order chi connectivity index (χ0) is 12.1. The van der Waals surface area contributed by atoms with Gasteiger partial charge in [-0.3, -0.25) is 0 Å². The maximum Gasteiger partial charge on any atom is 0.337 e. The minimum atomic E-state index is -0.396. The van der Waals surface area contributed by atoms with Crippen LogP contribution in [-0.2, 0) is 11.2 Å². The molecule has 0 amide bonds. The van der Waals surface area contributed by atoms with Crippen LogP contribution in [0.5, 0.6) is 5.75 Å². The molecule has 0 unspecified atom stereocenters. The molecule has 86 valence electrons. The highest BCUT2D eigenvalue weighted by atomic mass is 32.1. The third-order valence-corrected chi connectivity index (χ3v) is 2.21. The largest absolute Gasteiger partial charge is 0.496 e. The summed E-state index contributed by atoms with van der Waals surface area (Å²) in [7, 11) is 2.88. The number of hydrogen-bond acceptors (Lipinski definition) is 4. The molecule has 2 N–H and O–H groups in total. The molecule has 0 fully saturated rings. The molecule has 1 rings (SSSR count). The number of thiocarbonyl (C=S) groups is 1. The monoisotopic (exact) mass is 239 g/mol. The zero-order valence-electron chi connectivity index (χ0n) is 9.15. The van der Waals surface area contributed by atoms with Crippen LogP contribution >= 0.6 is 12.2 Å². The van der Waals surface area contributed by atoms with Crippen molar-refractivity contribution in [1.29, 1.82) is 0 Å². The number of hydrogen-bond donors (Lipinski definition) is 1. The van der Waals surface area contributed by atoms with Gasteiger partial charge in [-0.1, -0.05) is 12.2 Å². The highest BCUT2D eigenvalue weighted by Gasteiger charge is 2.10. The van der Waals surface area contributed by atoms with E-state index in [1.807, 2.05) is 0 Å². The first-order valence-electron chi connectivity index (χ1n) is 4.62. The van der Waals surface area contributed by atoms with Crippen molar-refractivity contribution in [3.63, 3.8) is 0 Å². The Morgan fingerprint density at radius 1 is 1.44 bits per heavy atom. The van der Waals surface area contributed by atoms with Gasteiger partial charge in [-0.15, -0.1) is 0 Å². The highest BCUT2D eigenvalue weighted by Crippen LogP contribution is 2.20. The second-order valence-corrected chi connectivity index (χ2v) is 3.69. The van der Waals surface area contributed by atoms with Crippen LogP contribution in [0, 0.1) is 0 Å². The van der Waals surface area contributed by atoms with Crippen LogP contribution in [0.3, 0.4) is 0 Å². The molecule has 0 saturated carbocycles. The van der Waals surface area contributed by atoms with Gasteiger partial charge in [0.05, 0.1) is 24.8 Å². The van der Waals surface area contributed by atoms with Gasteiger partial charge in [0.15, 0.2) is 0 Å². The summed E-state index contributed by atoms with van der Waals surface area (Å²) in [6, 6.07) is 5.00. The number of benzene rings is 1. The molecular formula is C11H13NO3S. The first-order chi connectivity index (χ1) is 7.58. The second kappa shape index (κ2) is 5.46. The molecular weight excluding hydrogens is 226 g/mol. The van der Waals surface area contributed by atoms with Crippen molar-refractivity contribution in [1.82, 2.24) is 0 Å². The molecule has 1 aromatic carbocycles. The number of nitrogens with two attached hydrogens (primary N) is 1. The molecule has 0 aliphatic heterocycles. The fourth-order valence-corrected chi connectivity index (χ4v) is 1.50. The van der Waals surface area contributed by atoms with E-state index in [-0.39, 0.29) is 0 Å². The lowest BCUT2D eigenvalue weighted by atomic mass is 10.1. The summed E-state index contributed by atoms with van der Waals surface area (Å²) in [5.41, 5.74) is 6.70. The number of carbonyl (C=O) groups is 1. The summed E-state index contributed by atoms with van der Waals surface area (Å²) in [5, 5.41) is 0. The number of rotatable bonds is 4. The smallest absolute Gasteiger partial charge is 0.337 e. The fourth-order valence-electron chi connectivity index (χ4n) is 1.35. The molecule has 0 radical (unpaired) electrons. The normalized spacial score (nSPS) is 9.62. The number of methoxy groups -OCH3 is 2. The maximum absolute atomic E-state index is 11.3. The summed E-state index contributed by atoms with van der Waals surface area (Å²) in [4.78, 5) is 11.7. The molecule has 0 aromatic heterocycles. The van der Waals surface area contributed by atoms with Gasteiger partial charge in [0.1, 0.15) is 5.75 Å². The Hall–Kier alpha value is -1.62. The summed E-state index contributed by atoms with van der Waals surface area (Å²) in [6.45, 7) is 0. The molecule has 0 bridgehead atoms. The molecule has 16 heavy (non-hydrogen) atoms. The molecule has 0 heterocycles. The van der Waals surface area contributed by atoms with E-state index in [4.69, 9.17) is 22.7 Å². The maximum atomic E-state index is 11.3. The first kappa shape index (κ1) is 12.4. The van der Waals surface area contributed by atoms with Gasteiger partial charge in [0.2, 0.25) is 0 Å². The Kier molecular flexibility index (Phi) is 4.25. The van der Waals surface area contributed by atoms with Crippen molar-refractivity contribution < 1.29 is 14.3 Å². The van der Waals surface area contributed by atoms with Crippen molar-refractivity contribution in [3.05, 3.63) is 29.3 Å². The van der Waals surface area contributed by atoms with E-state index >= 15 is 0 Å². The van der Waals surface area contributed by atoms with E-state index in [0.717, 1.165) is 5.56 Å². The van der Waals surface area contributed by atoms with E-state index in [1.165, 1.54) is 7.11 Å². The minimum Gasteiger partial charge on any atom is -0.496 e. The van der Waals surface area contributed by atoms with Crippen LogP contribution < -0.4 is 10.5 Å².